The van der Waals surface area contributed by atoms with Crippen LogP contribution in [0.2, 0.25) is 5.02 Å². The summed E-state index contributed by atoms with van der Waals surface area (Å²) in [6, 6.07) is 12.1. The molecule has 1 amide bonds. The van der Waals surface area contributed by atoms with Crippen LogP contribution in [0.25, 0.3) is 10.2 Å². The number of likely N-dealkylation sites (tertiary alicyclic amines) is 1. The van der Waals surface area contributed by atoms with Crippen LogP contribution in [0.15, 0.2) is 41.3 Å². The molecule has 1 fully saturated rings. The molecule has 1 aromatic heterocycles. The van der Waals surface area contributed by atoms with Gasteiger partial charge in [0.2, 0.25) is 5.91 Å². The number of thiazole rings is 1. The maximum atomic E-state index is 12.6. The zero-order valence-electron chi connectivity index (χ0n) is 17.9. The largest absolute Gasteiger partial charge is 0.467 e. The highest BCUT2D eigenvalue weighted by Gasteiger charge is 2.24. The van der Waals surface area contributed by atoms with E-state index in [1.54, 1.807) is 23.1 Å². The molecule has 164 valence electrons. The van der Waals surface area contributed by atoms with Crippen molar-refractivity contribution in [2.75, 3.05) is 18.8 Å². The first kappa shape index (κ1) is 22.4. The van der Waals surface area contributed by atoms with Crippen molar-refractivity contribution in [1.29, 1.82) is 0 Å². The molecular formula is C24H27ClN2O2S2. The number of aryl methyl sites for hydroxylation is 2. The topological polar surface area (TPSA) is 42.4 Å². The molecule has 0 saturated carbocycles. The number of carbonyl (C=O) groups excluding carboxylic acids is 1. The number of hydrogen-bond acceptors (Lipinski definition) is 5. The standard InChI is InChI=1S/C24H27ClN2O2S2/c1-16-5-6-17(2)23-22(16)26-24(31-23)29-19-11-13-27(14-12-19)21(28)4-3-15-30-20-9-7-18(25)8-10-20/h5-10,19H,3-4,11-15H2,1-2H3. The predicted molar refractivity (Wildman–Crippen MR) is 131 cm³/mol. The summed E-state index contributed by atoms with van der Waals surface area (Å²) in [6.07, 6.45) is 3.33. The molecule has 1 saturated heterocycles. The lowest BCUT2D eigenvalue weighted by atomic mass is 10.1. The SMILES string of the molecule is Cc1ccc(C)c2sc(OC3CCN(C(=O)CCCSc4ccc(Cl)cc4)CC3)nc12. The number of nitrogens with zero attached hydrogens (tertiary/aromatic N) is 2. The van der Waals surface area contributed by atoms with Crippen molar-refractivity contribution in [3.8, 4) is 5.19 Å². The second-order valence-corrected chi connectivity index (χ2v) is 10.5. The van der Waals surface area contributed by atoms with Crippen molar-refractivity contribution in [3.05, 3.63) is 52.5 Å². The summed E-state index contributed by atoms with van der Waals surface area (Å²) in [6.45, 7) is 5.72. The molecule has 0 atom stereocenters. The Hall–Kier alpha value is -1.76. The number of aromatic nitrogens is 1. The third-order valence-electron chi connectivity index (χ3n) is 5.60. The summed E-state index contributed by atoms with van der Waals surface area (Å²) < 4.78 is 7.40. The van der Waals surface area contributed by atoms with Crippen LogP contribution in [0.5, 0.6) is 5.19 Å². The van der Waals surface area contributed by atoms with E-state index in [1.807, 2.05) is 29.2 Å². The molecule has 2 aromatic carbocycles. The number of amides is 1. The number of benzene rings is 2. The lowest BCUT2D eigenvalue weighted by Crippen LogP contribution is -2.41. The Morgan fingerprint density at radius 1 is 1.16 bits per heavy atom. The average molecular weight is 475 g/mol. The summed E-state index contributed by atoms with van der Waals surface area (Å²) >= 11 is 9.31. The molecule has 4 nitrogen and oxygen atoms in total. The molecule has 4 rings (SSSR count). The van der Waals surface area contributed by atoms with Gasteiger partial charge >= 0.3 is 0 Å². The predicted octanol–water partition coefficient (Wildman–Crippen LogP) is 6.51. The first-order valence-electron chi connectivity index (χ1n) is 10.7. The molecule has 1 aliphatic heterocycles. The van der Waals surface area contributed by atoms with E-state index in [-0.39, 0.29) is 12.0 Å². The van der Waals surface area contributed by atoms with Crippen molar-refractivity contribution in [2.45, 2.75) is 50.5 Å². The van der Waals surface area contributed by atoms with Gasteiger partial charge in [-0.2, -0.15) is 0 Å². The van der Waals surface area contributed by atoms with Crippen LogP contribution in [-0.4, -0.2) is 40.7 Å². The van der Waals surface area contributed by atoms with Crippen molar-refractivity contribution in [2.24, 2.45) is 0 Å². The fourth-order valence-corrected chi connectivity index (χ4v) is 5.77. The zero-order valence-corrected chi connectivity index (χ0v) is 20.3. The minimum Gasteiger partial charge on any atom is -0.467 e. The lowest BCUT2D eigenvalue weighted by Gasteiger charge is -2.31. The molecule has 0 bridgehead atoms. The van der Waals surface area contributed by atoms with Gasteiger partial charge in [0.05, 0.1) is 10.2 Å². The summed E-state index contributed by atoms with van der Waals surface area (Å²) in [4.78, 5) is 20.4. The number of ether oxygens (including phenoxy) is 1. The Bertz CT molecular complexity index is 1000. The number of fused-ring (bicyclic) bond motifs is 1. The minimum absolute atomic E-state index is 0.130. The van der Waals surface area contributed by atoms with Gasteiger partial charge in [0.25, 0.3) is 5.19 Å². The minimum atomic E-state index is 0.130. The summed E-state index contributed by atoms with van der Waals surface area (Å²) in [5, 5.41) is 1.50. The van der Waals surface area contributed by atoms with E-state index < -0.39 is 0 Å². The van der Waals surface area contributed by atoms with Gasteiger partial charge in [-0.05, 0) is 61.4 Å². The van der Waals surface area contributed by atoms with Gasteiger partial charge in [-0.15, -0.1) is 11.8 Å². The third kappa shape index (κ3) is 5.73. The van der Waals surface area contributed by atoms with Gasteiger partial charge in [0.15, 0.2) is 0 Å². The second-order valence-electron chi connectivity index (χ2n) is 7.96. The Labute approximate surface area is 196 Å². The van der Waals surface area contributed by atoms with E-state index in [2.05, 4.69) is 26.0 Å². The quantitative estimate of drug-likeness (QED) is 0.289. The molecular weight excluding hydrogens is 448 g/mol. The van der Waals surface area contributed by atoms with Gasteiger partial charge < -0.3 is 9.64 Å². The molecule has 2 heterocycles. The monoisotopic (exact) mass is 474 g/mol. The van der Waals surface area contributed by atoms with E-state index in [4.69, 9.17) is 21.3 Å². The number of rotatable bonds is 7. The van der Waals surface area contributed by atoms with E-state index >= 15 is 0 Å². The fraction of sp³-hybridized carbons (Fsp3) is 0.417. The van der Waals surface area contributed by atoms with Crippen LogP contribution in [0.3, 0.4) is 0 Å². The van der Waals surface area contributed by atoms with E-state index in [9.17, 15) is 4.79 Å². The van der Waals surface area contributed by atoms with Crippen LogP contribution in [0.1, 0.15) is 36.8 Å². The Balaban J connectivity index is 1.20. The van der Waals surface area contributed by atoms with Crippen molar-refractivity contribution >= 4 is 50.8 Å². The first-order valence-corrected chi connectivity index (χ1v) is 12.9. The maximum absolute atomic E-state index is 12.6. The van der Waals surface area contributed by atoms with Gasteiger partial charge in [-0.1, -0.05) is 35.1 Å². The van der Waals surface area contributed by atoms with Crippen LogP contribution in [-0.2, 0) is 4.79 Å². The van der Waals surface area contributed by atoms with Crippen LogP contribution < -0.4 is 4.74 Å². The number of thioether (sulfide) groups is 1. The number of hydrogen-bond donors (Lipinski definition) is 0. The third-order valence-corrected chi connectivity index (χ3v) is 8.03. The maximum Gasteiger partial charge on any atom is 0.274 e. The van der Waals surface area contributed by atoms with Gasteiger partial charge in [-0.25, -0.2) is 4.98 Å². The summed E-state index contributed by atoms with van der Waals surface area (Å²) in [5.41, 5.74) is 3.47. The van der Waals surface area contributed by atoms with Crippen LogP contribution >= 0.6 is 34.7 Å². The molecule has 7 heteroatoms. The number of piperidine rings is 1. The summed E-state index contributed by atoms with van der Waals surface area (Å²) in [7, 11) is 0. The van der Waals surface area contributed by atoms with Crippen molar-refractivity contribution in [3.63, 3.8) is 0 Å². The molecule has 0 unspecified atom stereocenters. The van der Waals surface area contributed by atoms with E-state index in [0.717, 1.165) is 53.8 Å². The van der Waals surface area contributed by atoms with Crippen LogP contribution in [0.4, 0.5) is 0 Å². The summed E-state index contributed by atoms with van der Waals surface area (Å²) in [5.74, 6) is 1.19. The molecule has 1 aliphatic rings. The molecule has 3 aromatic rings. The Morgan fingerprint density at radius 2 is 1.87 bits per heavy atom. The van der Waals surface area contributed by atoms with Crippen molar-refractivity contribution in [1.82, 2.24) is 9.88 Å². The highest BCUT2D eigenvalue weighted by atomic mass is 35.5. The first-order chi connectivity index (χ1) is 15.0. The molecule has 0 spiro atoms. The molecule has 0 N–H and O–H groups in total. The zero-order chi connectivity index (χ0) is 21.8. The normalized spacial score (nSPS) is 14.9. The Kier molecular flexibility index (Phi) is 7.41. The van der Waals surface area contributed by atoms with Gasteiger partial charge in [0.1, 0.15) is 6.10 Å². The van der Waals surface area contributed by atoms with Crippen LogP contribution in [0, 0.1) is 13.8 Å². The molecule has 31 heavy (non-hydrogen) atoms. The van der Waals surface area contributed by atoms with Crippen molar-refractivity contribution < 1.29 is 9.53 Å². The second kappa shape index (κ2) is 10.2. The highest BCUT2D eigenvalue weighted by Crippen LogP contribution is 2.33. The number of carbonyl (C=O) groups is 1. The molecule has 0 aliphatic carbocycles. The van der Waals surface area contributed by atoms with Gasteiger partial charge in [-0.3, -0.25) is 4.79 Å². The lowest BCUT2D eigenvalue weighted by molar-refractivity contribution is -0.133. The van der Waals surface area contributed by atoms with E-state index in [1.165, 1.54) is 20.7 Å². The average Bonchev–Trinajstić information content (AvgIpc) is 3.21. The number of halogens is 1. The fourth-order valence-electron chi connectivity index (χ4n) is 3.76. The Morgan fingerprint density at radius 3 is 2.58 bits per heavy atom. The smallest absolute Gasteiger partial charge is 0.274 e. The molecule has 0 radical (unpaired) electrons. The van der Waals surface area contributed by atoms with E-state index in [0.29, 0.717) is 6.42 Å². The van der Waals surface area contributed by atoms with Gasteiger partial charge in [0, 0.05) is 42.3 Å². The highest BCUT2D eigenvalue weighted by molar-refractivity contribution is 7.99.